The number of nitrogens with one attached hydrogen (secondary N) is 1. The van der Waals surface area contributed by atoms with Crippen molar-refractivity contribution in [1.29, 1.82) is 10.7 Å². The van der Waals surface area contributed by atoms with E-state index < -0.39 is 0 Å². The van der Waals surface area contributed by atoms with Gasteiger partial charge in [0.2, 0.25) is 0 Å². The molecule has 2 nitrogen and oxygen atoms in total. The summed E-state index contributed by atoms with van der Waals surface area (Å²) < 4.78 is 0. The molecule has 2 atom stereocenters. The van der Waals surface area contributed by atoms with Crippen LogP contribution >= 0.6 is 0 Å². The van der Waals surface area contributed by atoms with Gasteiger partial charge in [-0.15, -0.1) is 0 Å². The fourth-order valence-corrected chi connectivity index (χ4v) is 2.32. The van der Waals surface area contributed by atoms with Crippen LogP contribution in [0.2, 0.25) is 0 Å². The average Bonchev–Trinajstić information content (AvgIpc) is 1.82. The first-order valence-electron chi connectivity index (χ1n) is 4.49. The van der Waals surface area contributed by atoms with Crippen molar-refractivity contribution >= 4 is 5.71 Å². The Kier molecular flexibility index (Phi) is 2.52. The fraction of sp³-hybridized carbons (Fsp3) is 0.800. The molecule has 0 radical (unpaired) electrons. The predicted octanol–water partition coefficient (Wildman–Crippen LogP) is 2.75. The zero-order valence-corrected chi connectivity index (χ0v) is 7.85. The number of nitrogens with zero attached hydrogens (tertiary/aromatic N) is 1. The zero-order valence-electron chi connectivity index (χ0n) is 7.85. The van der Waals surface area contributed by atoms with E-state index in [0.29, 0.717) is 12.3 Å². The Morgan fingerprint density at radius 1 is 1.75 bits per heavy atom. The first kappa shape index (κ1) is 9.25. The van der Waals surface area contributed by atoms with Crippen LogP contribution in [-0.4, -0.2) is 5.71 Å². The first-order chi connectivity index (χ1) is 5.56. The van der Waals surface area contributed by atoms with E-state index in [9.17, 15) is 0 Å². The highest BCUT2D eigenvalue weighted by atomic mass is 14.5. The molecule has 1 saturated carbocycles. The first-order valence-corrected chi connectivity index (χ1v) is 4.49. The van der Waals surface area contributed by atoms with Gasteiger partial charge in [-0.05, 0) is 30.6 Å². The lowest BCUT2D eigenvalue weighted by molar-refractivity contribution is 0.242. The molecule has 0 amide bonds. The topological polar surface area (TPSA) is 47.6 Å². The Hall–Kier alpha value is -0.840. The lowest BCUT2D eigenvalue weighted by atomic mass is 9.69. The summed E-state index contributed by atoms with van der Waals surface area (Å²) in [6, 6.07) is 2.22. The molecule has 1 aliphatic rings. The minimum atomic E-state index is 0.0868. The van der Waals surface area contributed by atoms with E-state index in [1.807, 2.05) is 0 Å². The molecule has 1 N–H and O–H groups in total. The summed E-state index contributed by atoms with van der Waals surface area (Å²) in [6.07, 6.45) is 3.45. The Bertz CT molecular complexity index is 226. The molecule has 66 valence electrons. The highest BCUT2D eigenvalue weighted by molar-refractivity contribution is 5.83. The molecule has 0 spiro atoms. The van der Waals surface area contributed by atoms with Crippen LogP contribution in [0.5, 0.6) is 0 Å². The summed E-state index contributed by atoms with van der Waals surface area (Å²) in [7, 11) is 0. The molecule has 0 aromatic carbocycles. The zero-order chi connectivity index (χ0) is 9.19. The predicted molar refractivity (Wildman–Crippen MR) is 49.1 cm³/mol. The van der Waals surface area contributed by atoms with Gasteiger partial charge < -0.3 is 5.41 Å². The molecule has 0 aromatic heterocycles. The van der Waals surface area contributed by atoms with Crippen LogP contribution in [0.15, 0.2) is 0 Å². The number of hydrogen-bond acceptors (Lipinski definition) is 2. The molecule has 2 heteroatoms. The van der Waals surface area contributed by atoms with Crippen LogP contribution in [0.1, 0.15) is 39.5 Å². The molecule has 0 aromatic rings. The van der Waals surface area contributed by atoms with Gasteiger partial charge in [-0.3, -0.25) is 0 Å². The van der Waals surface area contributed by atoms with Crippen molar-refractivity contribution in [2.45, 2.75) is 39.5 Å². The van der Waals surface area contributed by atoms with Gasteiger partial charge >= 0.3 is 0 Å². The molecule has 1 aliphatic carbocycles. The minimum absolute atomic E-state index is 0.0868. The van der Waals surface area contributed by atoms with Gasteiger partial charge in [0.05, 0.1) is 6.07 Å². The number of hydrogen-bond donors (Lipinski definition) is 1. The van der Waals surface area contributed by atoms with E-state index in [2.05, 4.69) is 19.9 Å². The van der Waals surface area contributed by atoms with Gasteiger partial charge in [-0.25, -0.2) is 0 Å². The van der Waals surface area contributed by atoms with Gasteiger partial charge in [0.15, 0.2) is 0 Å². The molecule has 12 heavy (non-hydrogen) atoms. The van der Waals surface area contributed by atoms with Crippen LogP contribution in [0.3, 0.4) is 0 Å². The Morgan fingerprint density at radius 2 is 2.42 bits per heavy atom. The van der Waals surface area contributed by atoms with Crippen LogP contribution in [0, 0.1) is 28.1 Å². The summed E-state index contributed by atoms with van der Waals surface area (Å²) in [5.74, 6) is 0.588. The molecule has 1 fully saturated rings. The average molecular weight is 164 g/mol. The monoisotopic (exact) mass is 164 g/mol. The van der Waals surface area contributed by atoms with Crippen LogP contribution in [0.4, 0.5) is 0 Å². The van der Waals surface area contributed by atoms with Crippen molar-refractivity contribution in [2.24, 2.45) is 11.3 Å². The normalized spacial score (nSPS) is 36.1. The largest absolute Gasteiger partial charge is 0.310 e. The molecular formula is C10H16N2. The van der Waals surface area contributed by atoms with Crippen LogP contribution < -0.4 is 0 Å². The fourth-order valence-electron chi connectivity index (χ4n) is 2.32. The standard InChI is InChI=1S/C10H16N2/c1-8-5-9(12)7-10(2,6-8)3-4-11/h8,12H,3,5-7H2,1-2H3. The molecule has 0 saturated heterocycles. The second kappa shape index (κ2) is 3.26. The van der Waals surface area contributed by atoms with Crippen LogP contribution in [0.25, 0.3) is 0 Å². The summed E-state index contributed by atoms with van der Waals surface area (Å²) in [6.45, 7) is 4.30. The van der Waals surface area contributed by atoms with Gasteiger partial charge in [0.1, 0.15) is 0 Å². The summed E-state index contributed by atoms with van der Waals surface area (Å²) >= 11 is 0. The third kappa shape index (κ3) is 2.07. The lowest BCUT2D eigenvalue weighted by Gasteiger charge is -2.35. The van der Waals surface area contributed by atoms with Gasteiger partial charge in [0, 0.05) is 12.1 Å². The molecule has 0 aliphatic heterocycles. The van der Waals surface area contributed by atoms with Crippen molar-refractivity contribution in [2.75, 3.05) is 0 Å². The summed E-state index contributed by atoms with van der Waals surface area (Å²) in [5, 5.41) is 16.3. The second-order valence-corrected chi connectivity index (χ2v) is 4.44. The molecule has 2 unspecified atom stereocenters. The Labute approximate surface area is 74.1 Å². The highest BCUT2D eigenvalue weighted by Gasteiger charge is 2.32. The van der Waals surface area contributed by atoms with Gasteiger partial charge in [0.25, 0.3) is 0 Å². The SMILES string of the molecule is CC1CC(=N)CC(C)(CC#N)C1. The Morgan fingerprint density at radius 3 is 2.92 bits per heavy atom. The second-order valence-electron chi connectivity index (χ2n) is 4.44. The van der Waals surface area contributed by atoms with Crippen molar-refractivity contribution in [3.63, 3.8) is 0 Å². The van der Waals surface area contributed by atoms with Crippen molar-refractivity contribution in [3.05, 3.63) is 0 Å². The molecule has 0 heterocycles. The Balaban J connectivity index is 2.66. The van der Waals surface area contributed by atoms with E-state index >= 15 is 0 Å². The molecule has 0 bridgehead atoms. The van der Waals surface area contributed by atoms with Crippen molar-refractivity contribution in [3.8, 4) is 6.07 Å². The summed E-state index contributed by atoms with van der Waals surface area (Å²) in [5.41, 5.74) is 0.912. The van der Waals surface area contributed by atoms with E-state index in [-0.39, 0.29) is 5.41 Å². The molecule has 1 rings (SSSR count). The maximum absolute atomic E-state index is 8.64. The van der Waals surface area contributed by atoms with E-state index in [0.717, 1.165) is 25.0 Å². The highest BCUT2D eigenvalue weighted by Crippen LogP contribution is 2.39. The quantitative estimate of drug-likeness (QED) is 0.636. The maximum atomic E-state index is 8.64. The van der Waals surface area contributed by atoms with E-state index in [1.165, 1.54) is 0 Å². The third-order valence-corrected chi connectivity index (χ3v) is 2.58. The van der Waals surface area contributed by atoms with Gasteiger partial charge in [-0.1, -0.05) is 13.8 Å². The van der Waals surface area contributed by atoms with Gasteiger partial charge in [-0.2, -0.15) is 5.26 Å². The smallest absolute Gasteiger partial charge is 0.0627 e. The third-order valence-electron chi connectivity index (χ3n) is 2.58. The number of rotatable bonds is 1. The van der Waals surface area contributed by atoms with E-state index in [1.54, 1.807) is 0 Å². The molecular weight excluding hydrogens is 148 g/mol. The minimum Gasteiger partial charge on any atom is -0.310 e. The van der Waals surface area contributed by atoms with E-state index in [4.69, 9.17) is 10.7 Å². The maximum Gasteiger partial charge on any atom is 0.0627 e. The number of nitriles is 1. The van der Waals surface area contributed by atoms with Crippen LogP contribution in [-0.2, 0) is 0 Å². The summed E-state index contributed by atoms with van der Waals surface area (Å²) in [4.78, 5) is 0. The lowest BCUT2D eigenvalue weighted by Crippen LogP contribution is -2.29. The van der Waals surface area contributed by atoms with Crippen molar-refractivity contribution in [1.82, 2.24) is 0 Å². The van der Waals surface area contributed by atoms with Crippen molar-refractivity contribution < 1.29 is 0 Å².